The first-order chi connectivity index (χ1) is 13.8. The lowest BCUT2D eigenvalue weighted by Crippen LogP contribution is -2.48. The van der Waals surface area contributed by atoms with Crippen LogP contribution in [0.15, 0.2) is 28.7 Å². The van der Waals surface area contributed by atoms with Crippen LogP contribution in [0.25, 0.3) is 11.5 Å². The van der Waals surface area contributed by atoms with Crippen molar-refractivity contribution in [3.63, 3.8) is 0 Å². The van der Waals surface area contributed by atoms with Crippen molar-refractivity contribution in [2.75, 3.05) is 5.32 Å². The fourth-order valence-corrected chi connectivity index (χ4v) is 4.00. The predicted molar refractivity (Wildman–Crippen MR) is 106 cm³/mol. The van der Waals surface area contributed by atoms with Crippen molar-refractivity contribution in [2.24, 2.45) is 0 Å². The second-order valence-corrected chi connectivity index (χ2v) is 7.80. The zero-order valence-corrected chi connectivity index (χ0v) is 16.7. The van der Waals surface area contributed by atoms with Gasteiger partial charge < -0.3 is 15.1 Å². The van der Waals surface area contributed by atoms with Crippen molar-refractivity contribution in [2.45, 2.75) is 58.0 Å². The number of amides is 4. The van der Waals surface area contributed by atoms with E-state index >= 15 is 0 Å². The van der Waals surface area contributed by atoms with E-state index in [9.17, 15) is 14.4 Å². The molecule has 2 aliphatic rings. The molecule has 0 bridgehead atoms. The van der Waals surface area contributed by atoms with E-state index in [4.69, 9.17) is 4.42 Å². The van der Waals surface area contributed by atoms with Crippen LogP contribution < -0.4 is 10.6 Å². The Morgan fingerprint density at radius 2 is 2.00 bits per heavy atom. The summed E-state index contributed by atoms with van der Waals surface area (Å²) in [6.07, 6.45) is 3.04. The molecule has 8 heteroatoms. The summed E-state index contributed by atoms with van der Waals surface area (Å²) in [5, 5.41) is 5.59. The SMILES string of the molecule is Cc1nc(-c2cccc(NC(=O)C(C)N3C(=O)NC4(CCCC4)C3=O)c2)oc1C. The zero-order valence-electron chi connectivity index (χ0n) is 16.7. The summed E-state index contributed by atoms with van der Waals surface area (Å²) in [5.74, 6) is 0.478. The van der Waals surface area contributed by atoms with Gasteiger partial charge in [-0.15, -0.1) is 0 Å². The van der Waals surface area contributed by atoms with Crippen molar-refractivity contribution >= 4 is 23.5 Å². The van der Waals surface area contributed by atoms with Crippen molar-refractivity contribution in [1.29, 1.82) is 0 Å². The number of hydrogen-bond acceptors (Lipinski definition) is 5. The molecule has 1 aliphatic carbocycles. The monoisotopic (exact) mass is 396 g/mol. The molecule has 2 N–H and O–H groups in total. The summed E-state index contributed by atoms with van der Waals surface area (Å²) in [6.45, 7) is 5.27. The minimum absolute atomic E-state index is 0.304. The Hall–Kier alpha value is -3.16. The van der Waals surface area contributed by atoms with E-state index in [1.165, 1.54) is 0 Å². The Labute approximate surface area is 168 Å². The van der Waals surface area contributed by atoms with Gasteiger partial charge in [-0.3, -0.25) is 9.59 Å². The maximum atomic E-state index is 12.9. The summed E-state index contributed by atoms with van der Waals surface area (Å²) in [6, 6.07) is 5.69. The summed E-state index contributed by atoms with van der Waals surface area (Å²) in [5.41, 5.74) is 1.25. The number of carbonyl (C=O) groups is 3. The standard InChI is InChI=1S/C21H24N4O4/c1-12-14(3)29-18(22-12)15-7-6-8-16(11-15)23-17(26)13(2)25-19(27)21(24-20(25)28)9-4-5-10-21/h6-8,11,13H,4-5,9-10H2,1-3H3,(H,23,26)(H,24,28). The van der Waals surface area contributed by atoms with Crippen LogP contribution in [-0.4, -0.2) is 39.3 Å². The summed E-state index contributed by atoms with van der Waals surface area (Å²) >= 11 is 0. The molecule has 1 aliphatic heterocycles. The Bertz CT molecular complexity index is 971. The van der Waals surface area contributed by atoms with Crippen LogP contribution in [-0.2, 0) is 9.59 Å². The average molecular weight is 396 g/mol. The van der Waals surface area contributed by atoms with Gasteiger partial charge in [0.2, 0.25) is 11.8 Å². The van der Waals surface area contributed by atoms with Gasteiger partial charge in [-0.05, 0) is 51.8 Å². The molecule has 4 rings (SSSR count). The highest BCUT2D eigenvalue weighted by atomic mass is 16.4. The Kier molecular flexibility index (Phi) is 4.64. The lowest BCUT2D eigenvalue weighted by atomic mass is 9.97. The smallest absolute Gasteiger partial charge is 0.325 e. The van der Waals surface area contributed by atoms with Crippen LogP contribution in [0.1, 0.15) is 44.1 Å². The number of rotatable bonds is 4. The minimum Gasteiger partial charge on any atom is -0.441 e. The van der Waals surface area contributed by atoms with Crippen LogP contribution in [0, 0.1) is 13.8 Å². The molecule has 1 saturated carbocycles. The topological polar surface area (TPSA) is 105 Å². The molecule has 1 aromatic heterocycles. The highest BCUT2D eigenvalue weighted by Gasteiger charge is 2.54. The number of urea groups is 1. The van der Waals surface area contributed by atoms with Gasteiger partial charge in [-0.2, -0.15) is 0 Å². The molecule has 2 fully saturated rings. The Morgan fingerprint density at radius 1 is 1.28 bits per heavy atom. The minimum atomic E-state index is -0.919. The number of nitrogens with zero attached hydrogens (tertiary/aromatic N) is 2. The number of aryl methyl sites for hydroxylation is 2. The maximum absolute atomic E-state index is 12.9. The Balaban J connectivity index is 1.50. The largest absolute Gasteiger partial charge is 0.441 e. The number of anilines is 1. The number of imide groups is 1. The van der Waals surface area contributed by atoms with Crippen molar-refractivity contribution in [1.82, 2.24) is 15.2 Å². The first kappa shape index (κ1) is 19.2. The quantitative estimate of drug-likeness (QED) is 0.773. The number of nitrogens with one attached hydrogen (secondary N) is 2. The lowest BCUT2D eigenvalue weighted by molar-refractivity contribution is -0.136. The third-order valence-electron chi connectivity index (χ3n) is 5.82. The second kappa shape index (κ2) is 7.02. The molecule has 152 valence electrons. The molecular weight excluding hydrogens is 372 g/mol. The second-order valence-electron chi connectivity index (χ2n) is 7.80. The van der Waals surface area contributed by atoms with Gasteiger partial charge in [-0.1, -0.05) is 18.9 Å². The number of benzene rings is 1. The van der Waals surface area contributed by atoms with Gasteiger partial charge >= 0.3 is 6.03 Å². The van der Waals surface area contributed by atoms with E-state index < -0.39 is 23.5 Å². The van der Waals surface area contributed by atoms with Crippen LogP contribution in [0.4, 0.5) is 10.5 Å². The van der Waals surface area contributed by atoms with Gasteiger partial charge in [0.15, 0.2) is 0 Å². The molecule has 1 unspecified atom stereocenters. The summed E-state index contributed by atoms with van der Waals surface area (Å²) in [4.78, 5) is 43.5. The zero-order chi connectivity index (χ0) is 20.8. The molecular formula is C21H24N4O4. The van der Waals surface area contributed by atoms with E-state index in [-0.39, 0.29) is 5.91 Å². The highest BCUT2D eigenvalue weighted by Crippen LogP contribution is 2.36. The molecule has 4 amide bonds. The van der Waals surface area contributed by atoms with E-state index in [1.807, 2.05) is 19.9 Å². The molecule has 29 heavy (non-hydrogen) atoms. The van der Waals surface area contributed by atoms with Crippen molar-refractivity contribution in [3.8, 4) is 11.5 Å². The normalized spacial score (nSPS) is 18.9. The third-order valence-corrected chi connectivity index (χ3v) is 5.82. The molecule has 8 nitrogen and oxygen atoms in total. The van der Waals surface area contributed by atoms with Crippen molar-refractivity contribution < 1.29 is 18.8 Å². The number of carbonyl (C=O) groups excluding carboxylic acids is 3. The van der Waals surface area contributed by atoms with Crippen LogP contribution in [0.5, 0.6) is 0 Å². The van der Waals surface area contributed by atoms with E-state index in [0.717, 1.165) is 34.8 Å². The first-order valence-corrected chi connectivity index (χ1v) is 9.82. The fraction of sp³-hybridized carbons (Fsp3) is 0.429. The van der Waals surface area contributed by atoms with Gasteiger partial charge in [0.05, 0.1) is 5.69 Å². The van der Waals surface area contributed by atoms with Crippen LogP contribution >= 0.6 is 0 Å². The first-order valence-electron chi connectivity index (χ1n) is 9.82. The van der Waals surface area contributed by atoms with Gasteiger partial charge in [0, 0.05) is 11.3 Å². The van der Waals surface area contributed by atoms with Gasteiger partial charge in [0.25, 0.3) is 5.91 Å². The Morgan fingerprint density at radius 3 is 2.66 bits per heavy atom. The molecule has 1 saturated heterocycles. The maximum Gasteiger partial charge on any atom is 0.325 e. The summed E-state index contributed by atoms with van der Waals surface area (Å²) < 4.78 is 5.64. The van der Waals surface area contributed by atoms with E-state index in [2.05, 4.69) is 15.6 Å². The molecule has 1 spiro atoms. The molecule has 1 atom stereocenters. The number of aromatic nitrogens is 1. The fourth-order valence-electron chi connectivity index (χ4n) is 4.00. The van der Waals surface area contributed by atoms with Crippen LogP contribution in [0.2, 0.25) is 0 Å². The summed E-state index contributed by atoms with van der Waals surface area (Å²) in [7, 11) is 0. The van der Waals surface area contributed by atoms with Gasteiger partial charge in [0.1, 0.15) is 17.3 Å². The molecule has 1 aromatic carbocycles. The lowest BCUT2D eigenvalue weighted by Gasteiger charge is -2.23. The third kappa shape index (κ3) is 3.28. The van der Waals surface area contributed by atoms with E-state index in [1.54, 1.807) is 25.1 Å². The van der Waals surface area contributed by atoms with Crippen LogP contribution in [0.3, 0.4) is 0 Å². The van der Waals surface area contributed by atoms with E-state index in [0.29, 0.717) is 24.4 Å². The molecule has 2 aromatic rings. The number of oxazole rings is 1. The molecule has 0 radical (unpaired) electrons. The molecule has 2 heterocycles. The average Bonchev–Trinajstić information content (AvgIpc) is 3.35. The highest BCUT2D eigenvalue weighted by molar-refractivity contribution is 6.11. The predicted octanol–water partition coefficient (Wildman–Crippen LogP) is 3.15. The number of hydrogen-bond donors (Lipinski definition) is 2. The van der Waals surface area contributed by atoms with Crippen molar-refractivity contribution in [3.05, 3.63) is 35.7 Å². The van der Waals surface area contributed by atoms with Gasteiger partial charge in [-0.25, -0.2) is 14.7 Å².